The molecule has 0 amide bonds. The number of anilines is 2. The third-order valence-corrected chi connectivity index (χ3v) is 4.85. The molecular formula is C16H20F2N4O3S2. The van der Waals surface area contributed by atoms with Crippen LogP contribution in [0.5, 0.6) is 0 Å². The van der Waals surface area contributed by atoms with Crippen LogP contribution in [0, 0.1) is 18.6 Å². The molecule has 1 heterocycles. The Bertz CT molecular complexity index is 926. The molecular weight excluding hydrogens is 398 g/mol. The summed E-state index contributed by atoms with van der Waals surface area (Å²) in [6.07, 6.45) is 0.982. The van der Waals surface area contributed by atoms with Gasteiger partial charge in [-0.25, -0.2) is 27.2 Å². The van der Waals surface area contributed by atoms with Crippen molar-refractivity contribution in [3.05, 3.63) is 41.0 Å². The molecule has 1 aromatic carbocycles. The van der Waals surface area contributed by atoms with Crippen molar-refractivity contribution in [2.45, 2.75) is 30.8 Å². The molecule has 2 rings (SSSR count). The maximum atomic E-state index is 14.0. The fourth-order valence-electron chi connectivity index (χ4n) is 2.04. The molecule has 0 aliphatic rings. The number of nitrogens with one attached hydrogen (secondary N) is 2. The smallest absolute Gasteiger partial charge is 0.230 e. The number of hydrogen-bond donors (Lipinski definition) is 3. The van der Waals surface area contributed by atoms with Crippen LogP contribution in [-0.2, 0) is 15.8 Å². The number of benzene rings is 1. The zero-order valence-corrected chi connectivity index (χ0v) is 16.6. The summed E-state index contributed by atoms with van der Waals surface area (Å²) >= 11 is 1.03. The predicted octanol–water partition coefficient (Wildman–Crippen LogP) is 2.52. The molecule has 1 atom stereocenters. The van der Waals surface area contributed by atoms with Crippen molar-refractivity contribution in [3.63, 3.8) is 0 Å². The Balaban J connectivity index is 2.27. The van der Waals surface area contributed by atoms with Gasteiger partial charge in [-0.1, -0.05) is 23.9 Å². The second kappa shape index (κ2) is 8.81. The quantitative estimate of drug-likeness (QED) is 0.447. The molecule has 1 aromatic heterocycles. The Morgan fingerprint density at radius 1 is 1.22 bits per heavy atom. The second-order valence-electron chi connectivity index (χ2n) is 5.98. The van der Waals surface area contributed by atoms with Gasteiger partial charge in [0.2, 0.25) is 10.0 Å². The predicted molar refractivity (Wildman–Crippen MR) is 101 cm³/mol. The lowest BCUT2D eigenvalue weighted by atomic mass is 10.1. The Morgan fingerprint density at radius 2 is 1.89 bits per heavy atom. The first kappa shape index (κ1) is 21.3. The highest BCUT2D eigenvalue weighted by Gasteiger charge is 2.14. The number of rotatable bonds is 8. The highest BCUT2D eigenvalue weighted by atomic mass is 32.2. The van der Waals surface area contributed by atoms with E-state index < -0.39 is 21.7 Å². The van der Waals surface area contributed by atoms with E-state index in [-0.39, 0.29) is 46.3 Å². The standard InChI is InChI=1S/C16H20F2N4O3S2/c1-9-4-5-11(15(18)14(9)17)8-26-16-20-12(19-10(2)7-23)6-13(21-16)22-27(3,24)25/h4-6,10,23H,7-8H2,1-3H3,(H2,19,20,21,22)/t10-/m1/s1. The summed E-state index contributed by atoms with van der Waals surface area (Å²) in [5.41, 5.74) is 0.354. The van der Waals surface area contributed by atoms with Gasteiger partial charge in [0.25, 0.3) is 0 Å². The molecule has 0 spiro atoms. The zero-order valence-electron chi connectivity index (χ0n) is 15.0. The second-order valence-corrected chi connectivity index (χ2v) is 8.67. The van der Waals surface area contributed by atoms with Gasteiger partial charge in [-0.2, -0.15) is 0 Å². The topological polar surface area (TPSA) is 104 Å². The van der Waals surface area contributed by atoms with E-state index in [4.69, 9.17) is 5.11 Å². The van der Waals surface area contributed by atoms with Crippen LogP contribution in [0.25, 0.3) is 0 Å². The van der Waals surface area contributed by atoms with Crippen LogP contribution in [0.4, 0.5) is 20.4 Å². The average Bonchev–Trinajstić information content (AvgIpc) is 2.57. The number of aliphatic hydroxyl groups is 1. The highest BCUT2D eigenvalue weighted by molar-refractivity contribution is 7.98. The number of aliphatic hydroxyl groups excluding tert-OH is 1. The lowest BCUT2D eigenvalue weighted by Crippen LogP contribution is -2.21. The minimum atomic E-state index is -3.57. The van der Waals surface area contributed by atoms with Crippen LogP contribution in [0.15, 0.2) is 23.4 Å². The maximum absolute atomic E-state index is 14.0. The minimum Gasteiger partial charge on any atom is -0.394 e. The molecule has 0 aliphatic heterocycles. The van der Waals surface area contributed by atoms with Crippen molar-refractivity contribution in [2.24, 2.45) is 0 Å². The van der Waals surface area contributed by atoms with Crippen LogP contribution in [0.3, 0.4) is 0 Å². The summed E-state index contributed by atoms with van der Waals surface area (Å²) in [5.74, 6) is -1.46. The van der Waals surface area contributed by atoms with Crippen LogP contribution in [0.1, 0.15) is 18.1 Å². The van der Waals surface area contributed by atoms with Crippen molar-refractivity contribution < 1.29 is 22.3 Å². The van der Waals surface area contributed by atoms with Crippen molar-refractivity contribution in [3.8, 4) is 0 Å². The third-order valence-electron chi connectivity index (χ3n) is 3.38. The monoisotopic (exact) mass is 418 g/mol. The van der Waals surface area contributed by atoms with Gasteiger partial charge >= 0.3 is 0 Å². The van der Waals surface area contributed by atoms with E-state index in [0.29, 0.717) is 0 Å². The highest BCUT2D eigenvalue weighted by Crippen LogP contribution is 2.26. The number of thioether (sulfide) groups is 1. The average molecular weight is 418 g/mol. The van der Waals surface area contributed by atoms with Gasteiger partial charge in [-0.15, -0.1) is 0 Å². The molecule has 0 saturated heterocycles. The number of nitrogens with zero attached hydrogens (tertiary/aromatic N) is 2. The first-order chi connectivity index (χ1) is 12.6. The number of sulfonamides is 1. The molecule has 0 unspecified atom stereocenters. The van der Waals surface area contributed by atoms with Gasteiger partial charge < -0.3 is 10.4 Å². The number of aromatic nitrogens is 2. The van der Waals surface area contributed by atoms with E-state index in [0.717, 1.165) is 18.0 Å². The lowest BCUT2D eigenvalue weighted by Gasteiger charge is -2.14. The summed E-state index contributed by atoms with van der Waals surface area (Å²) < 4.78 is 52.9. The SMILES string of the molecule is Cc1ccc(CSc2nc(N[C@H](C)CO)cc(NS(C)(=O)=O)n2)c(F)c1F. The van der Waals surface area contributed by atoms with Crippen LogP contribution >= 0.6 is 11.8 Å². The Kier molecular flexibility index (Phi) is 6.95. The largest absolute Gasteiger partial charge is 0.394 e. The fourth-order valence-corrected chi connectivity index (χ4v) is 3.36. The van der Waals surface area contributed by atoms with Gasteiger partial charge in [0.05, 0.1) is 12.9 Å². The van der Waals surface area contributed by atoms with E-state index in [1.165, 1.54) is 25.1 Å². The molecule has 0 bridgehead atoms. The van der Waals surface area contributed by atoms with Gasteiger partial charge in [0, 0.05) is 23.4 Å². The summed E-state index contributed by atoms with van der Waals surface area (Å²) in [7, 11) is -3.57. The molecule has 2 aromatic rings. The maximum Gasteiger partial charge on any atom is 0.230 e. The molecule has 0 aliphatic carbocycles. The summed E-state index contributed by atoms with van der Waals surface area (Å²) in [6.45, 7) is 3.03. The molecule has 11 heteroatoms. The molecule has 7 nitrogen and oxygen atoms in total. The van der Waals surface area contributed by atoms with Crippen molar-refractivity contribution in [1.29, 1.82) is 0 Å². The Hall–Kier alpha value is -1.98. The number of hydrogen-bond acceptors (Lipinski definition) is 7. The van der Waals surface area contributed by atoms with E-state index in [2.05, 4.69) is 20.0 Å². The summed E-state index contributed by atoms with van der Waals surface area (Å²) in [4.78, 5) is 8.29. The summed E-state index contributed by atoms with van der Waals surface area (Å²) in [5, 5.41) is 12.2. The number of aryl methyl sites for hydroxylation is 1. The van der Waals surface area contributed by atoms with E-state index in [9.17, 15) is 17.2 Å². The molecule has 3 N–H and O–H groups in total. The molecule has 27 heavy (non-hydrogen) atoms. The summed E-state index contributed by atoms with van der Waals surface area (Å²) in [6, 6.07) is 4.01. The van der Waals surface area contributed by atoms with Crippen LogP contribution in [-0.4, -0.2) is 42.4 Å². The van der Waals surface area contributed by atoms with Gasteiger partial charge in [-0.05, 0) is 19.4 Å². The van der Waals surface area contributed by atoms with Crippen LogP contribution in [0.2, 0.25) is 0 Å². The van der Waals surface area contributed by atoms with E-state index in [1.807, 2.05) is 0 Å². The van der Waals surface area contributed by atoms with E-state index >= 15 is 0 Å². The Labute approximate surface area is 160 Å². The van der Waals surface area contributed by atoms with Crippen LogP contribution < -0.4 is 10.0 Å². The molecule has 0 saturated carbocycles. The normalized spacial score (nSPS) is 12.7. The van der Waals surface area contributed by atoms with E-state index in [1.54, 1.807) is 6.92 Å². The van der Waals surface area contributed by atoms with Gasteiger partial charge in [0.1, 0.15) is 11.6 Å². The molecule has 0 radical (unpaired) electrons. The molecule has 148 valence electrons. The third kappa shape index (κ3) is 6.29. The fraction of sp³-hybridized carbons (Fsp3) is 0.375. The Morgan fingerprint density at radius 3 is 2.52 bits per heavy atom. The molecule has 0 fully saturated rings. The first-order valence-electron chi connectivity index (χ1n) is 7.89. The lowest BCUT2D eigenvalue weighted by molar-refractivity contribution is 0.281. The van der Waals surface area contributed by atoms with Crippen molar-refractivity contribution in [1.82, 2.24) is 9.97 Å². The number of halogens is 2. The zero-order chi connectivity index (χ0) is 20.2. The minimum absolute atomic E-state index is 0.0261. The first-order valence-corrected chi connectivity index (χ1v) is 10.8. The van der Waals surface area contributed by atoms with Crippen molar-refractivity contribution in [2.75, 3.05) is 22.9 Å². The van der Waals surface area contributed by atoms with Gasteiger partial charge in [0.15, 0.2) is 16.8 Å². The van der Waals surface area contributed by atoms with Crippen molar-refractivity contribution >= 4 is 33.4 Å². The van der Waals surface area contributed by atoms with Gasteiger partial charge in [-0.3, -0.25) is 4.72 Å².